The van der Waals surface area contributed by atoms with Crippen molar-refractivity contribution >= 4 is 17.3 Å². The highest BCUT2D eigenvalue weighted by Gasteiger charge is 2.08. The first-order chi connectivity index (χ1) is 7.54. The van der Waals surface area contributed by atoms with Crippen molar-refractivity contribution in [1.29, 1.82) is 0 Å². The molecule has 0 spiro atoms. The van der Waals surface area contributed by atoms with Crippen LogP contribution in [0, 0.1) is 17.0 Å². The summed E-state index contributed by atoms with van der Waals surface area (Å²) in [5, 5.41) is 13.1. The number of carbonyl (C=O) groups is 1. The topological polar surface area (TPSA) is 72.2 Å². The van der Waals surface area contributed by atoms with E-state index in [4.69, 9.17) is 0 Å². The number of nitrogens with one attached hydrogen (secondary N) is 1. The summed E-state index contributed by atoms with van der Waals surface area (Å²) in [6.07, 6.45) is 3.01. The number of rotatable bonds is 3. The van der Waals surface area contributed by atoms with E-state index in [-0.39, 0.29) is 11.6 Å². The summed E-state index contributed by atoms with van der Waals surface area (Å²) in [6, 6.07) is 4.30. The lowest BCUT2D eigenvalue weighted by Gasteiger charge is -2.05. The number of carbonyl (C=O) groups excluding carboxylic acids is 1. The van der Waals surface area contributed by atoms with Crippen molar-refractivity contribution in [2.45, 2.75) is 13.8 Å². The van der Waals surface area contributed by atoms with Gasteiger partial charge >= 0.3 is 0 Å². The number of hydrogen-bond acceptors (Lipinski definition) is 3. The standard InChI is InChI=1S/C11H12N2O3/c1-3-4-11(14)12-10-6-5-9(13(15)16)7-8(10)2/h3-7H,1-2H3,(H,12,14)/b4-3+. The summed E-state index contributed by atoms with van der Waals surface area (Å²) in [4.78, 5) is 21.3. The molecule has 0 saturated heterocycles. The highest BCUT2D eigenvalue weighted by atomic mass is 16.6. The maximum Gasteiger partial charge on any atom is 0.269 e. The molecule has 0 radical (unpaired) electrons. The van der Waals surface area contributed by atoms with Crippen LogP contribution in [0.5, 0.6) is 0 Å². The molecule has 0 aliphatic carbocycles. The van der Waals surface area contributed by atoms with E-state index in [0.717, 1.165) is 0 Å². The summed E-state index contributed by atoms with van der Waals surface area (Å²) in [5.74, 6) is -0.251. The van der Waals surface area contributed by atoms with Crippen molar-refractivity contribution in [3.05, 3.63) is 46.0 Å². The summed E-state index contributed by atoms with van der Waals surface area (Å²) in [6.45, 7) is 3.44. The molecule has 0 aliphatic heterocycles. The van der Waals surface area contributed by atoms with Gasteiger partial charge in [-0.2, -0.15) is 0 Å². The van der Waals surface area contributed by atoms with E-state index in [1.54, 1.807) is 19.9 Å². The molecule has 0 atom stereocenters. The molecule has 84 valence electrons. The number of allylic oxidation sites excluding steroid dienone is 1. The van der Waals surface area contributed by atoms with Gasteiger partial charge in [0.1, 0.15) is 0 Å². The molecule has 1 amide bonds. The number of nitro benzene ring substituents is 1. The lowest BCUT2D eigenvalue weighted by Crippen LogP contribution is -2.08. The van der Waals surface area contributed by atoms with Gasteiger partial charge in [0.25, 0.3) is 5.69 Å². The fourth-order valence-corrected chi connectivity index (χ4v) is 1.23. The third kappa shape index (κ3) is 2.91. The van der Waals surface area contributed by atoms with Gasteiger partial charge in [0.2, 0.25) is 5.91 Å². The molecule has 16 heavy (non-hydrogen) atoms. The number of amides is 1. The van der Waals surface area contributed by atoms with Crippen molar-refractivity contribution in [2.75, 3.05) is 5.32 Å². The zero-order chi connectivity index (χ0) is 12.1. The van der Waals surface area contributed by atoms with Crippen molar-refractivity contribution in [2.24, 2.45) is 0 Å². The van der Waals surface area contributed by atoms with Crippen LogP contribution in [0.15, 0.2) is 30.4 Å². The van der Waals surface area contributed by atoms with E-state index in [9.17, 15) is 14.9 Å². The lowest BCUT2D eigenvalue weighted by molar-refractivity contribution is -0.384. The number of hydrogen-bond donors (Lipinski definition) is 1. The normalized spacial score (nSPS) is 10.4. The van der Waals surface area contributed by atoms with Gasteiger partial charge in [-0.3, -0.25) is 14.9 Å². The minimum atomic E-state index is -0.468. The highest BCUT2D eigenvalue weighted by Crippen LogP contribution is 2.20. The first-order valence-electron chi connectivity index (χ1n) is 4.73. The fourth-order valence-electron chi connectivity index (χ4n) is 1.23. The number of nitro groups is 1. The van der Waals surface area contributed by atoms with Crippen LogP contribution in [-0.4, -0.2) is 10.8 Å². The second-order valence-corrected chi connectivity index (χ2v) is 3.25. The molecule has 0 saturated carbocycles. The molecule has 0 aromatic heterocycles. The van der Waals surface area contributed by atoms with E-state index < -0.39 is 4.92 Å². The van der Waals surface area contributed by atoms with Crippen LogP contribution in [0.25, 0.3) is 0 Å². The number of nitrogens with zero attached hydrogens (tertiary/aromatic N) is 1. The van der Waals surface area contributed by atoms with E-state index in [1.807, 2.05) is 0 Å². The van der Waals surface area contributed by atoms with Crippen LogP contribution in [0.1, 0.15) is 12.5 Å². The molecule has 0 bridgehead atoms. The zero-order valence-corrected chi connectivity index (χ0v) is 9.06. The van der Waals surface area contributed by atoms with Crippen molar-refractivity contribution in [3.8, 4) is 0 Å². The minimum Gasteiger partial charge on any atom is -0.322 e. The average molecular weight is 220 g/mol. The van der Waals surface area contributed by atoms with E-state index in [0.29, 0.717) is 11.3 Å². The Morgan fingerprint density at radius 1 is 1.50 bits per heavy atom. The molecule has 1 aromatic rings. The SMILES string of the molecule is C/C=C/C(=O)Nc1ccc([N+](=O)[O-])cc1C. The Hall–Kier alpha value is -2.17. The van der Waals surface area contributed by atoms with Gasteiger partial charge < -0.3 is 5.32 Å². The molecule has 0 heterocycles. The second-order valence-electron chi connectivity index (χ2n) is 3.25. The molecule has 5 nitrogen and oxygen atoms in total. The summed E-state index contributed by atoms with van der Waals surface area (Å²) < 4.78 is 0. The van der Waals surface area contributed by atoms with E-state index in [2.05, 4.69) is 5.32 Å². The predicted molar refractivity (Wildman–Crippen MR) is 61.3 cm³/mol. The Morgan fingerprint density at radius 3 is 2.69 bits per heavy atom. The summed E-state index contributed by atoms with van der Waals surface area (Å²) in [7, 11) is 0. The fraction of sp³-hybridized carbons (Fsp3) is 0.182. The van der Waals surface area contributed by atoms with Crippen molar-refractivity contribution in [3.63, 3.8) is 0 Å². The second kappa shape index (κ2) is 5.06. The van der Waals surface area contributed by atoms with Gasteiger partial charge in [-0.15, -0.1) is 0 Å². The molecule has 0 fully saturated rings. The maximum atomic E-state index is 11.3. The first-order valence-corrected chi connectivity index (χ1v) is 4.73. The van der Waals surface area contributed by atoms with E-state index in [1.165, 1.54) is 24.3 Å². The number of aryl methyl sites for hydroxylation is 1. The summed E-state index contributed by atoms with van der Waals surface area (Å²) >= 11 is 0. The van der Waals surface area contributed by atoms with Crippen LogP contribution in [0.2, 0.25) is 0 Å². The molecule has 5 heteroatoms. The molecular weight excluding hydrogens is 208 g/mol. The largest absolute Gasteiger partial charge is 0.322 e. The molecule has 0 unspecified atom stereocenters. The van der Waals surface area contributed by atoms with E-state index >= 15 is 0 Å². The van der Waals surface area contributed by atoms with Crippen molar-refractivity contribution in [1.82, 2.24) is 0 Å². The van der Waals surface area contributed by atoms with Crippen LogP contribution in [0.4, 0.5) is 11.4 Å². The highest BCUT2D eigenvalue weighted by molar-refractivity contribution is 5.99. The Labute approximate surface area is 92.9 Å². The summed E-state index contributed by atoms with van der Waals surface area (Å²) in [5.41, 5.74) is 1.25. The monoisotopic (exact) mass is 220 g/mol. The van der Waals surface area contributed by atoms with Gasteiger partial charge in [0, 0.05) is 17.8 Å². The van der Waals surface area contributed by atoms with Crippen LogP contribution >= 0.6 is 0 Å². The zero-order valence-electron chi connectivity index (χ0n) is 9.06. The van der Waals surface area contributed by atoms with Crippen molar-refractivity contribution < 1.29 is 9.72 Å². The molecular formula is C11H12N2O3. The van der Waals surface area contributed by atoms with Crippen LogP contribution in [0.3, 0.4) is 0 Å². The number of anilines is 1. The smallest absolute Gasteiger partial charge is 0.269 e. The number of non-ortho nitro benzene ring substituents is 1. The quantitative estimate of drug-likeness (QED) is 0.483. The molecule has 1 N–H and O–H groups in total. The van der Waals surface area contributed by atoms with Crippen LogP contribution < -0.4 is 5.32 Å². The Balaban J connectivity index is 2.91. The first kappa shape index (κ1) is 11.9. The van der Waals surface area contributed by atoms with Gasteiger partial charge in [-0.05, 0) is 31.6 Å². The Kier molecular flexibility index (Phi) is 3.77. The van der Waals surface area contributed by atoms with Gasteiger partial charge in [0.15, 0.2) is 0 Å². The third-order valence-electron chi connectivity index (χ3n) is 2.00. The maximum absolute atomic E-state index is 11.3. The molecule has 1 rings (SSSR count). The lowest BCUT2D eigenvalue weighted by atomic mass is 10.2. The van der Waals surface area contributed by atoms with Gasteiger partial charge in [-0.1, -0.05) is 6.08 Å². The predicted octanol–water partition coefficient (Wildman–Crippen LogP) is 2.42. The van der Waals surface area contributed by atoms with Crippen LogP contribution in [-0.2, 0) is 4.79 Å². The Bertz CT molecular complexity index is 453. The Morgan fingerprint density at radius 2 is 2.19 bits per heavy atom. The average Bonchev–Trinajstić information content (AvgIpc) is 2.21. The third-order valence-corrected chi connectivity index (χ3v) is 2.00. The number of benzene rings is 1. The molecule has 0 aliphatic rings. The molecule has 1 aromatic carbocycles. The minimum absolute atomic E-state index is 0.0153. The van der Waals surface area contributed by atoms with Gasteiger partial charge in [-0.25, -0.2) is 0 Å². The van der Waals surface area contributed by atoms with Gasteiger partial charge in [0.05, 0.1) is 4.92 Å².